The van der Waals surface area contributed by atoms with Crippen molar-refractivity contribution in [2.24, 2.45) is 0 Å². The van der Waals surface area contributed by atoms with E-state index in [0.717, 1.165) is 17.4 Å². The van der Waals surface area contributed by atoms with Gasteiger partial charge in [0.05, 0.1) is 5.69 Å². The molecule has 0 aliphatic heterocycles. The van der Waals surface area contributed by atoms with E-state index in [1.54, 1.807) is 0 Å². The van der Waals surface area contributed by atoms with Crippen LogP contribution in [0.3, 0.4) is 0 Å². The van der Waals surface area contributed by atoms with E-state index in [1.165, 1.54) is 0 Å². The van der Waals surface area contributed by atoms with Crippen LogP contribution < -0.4 is 5.32 Å². The Morgan fingerprint density at radius 2 is 1.58 bits per heavy atom. The number of nitrogens with one attached hydrogen (secondary N) is 1. The number of halogens is 6. The summed E-state index contributed by atoms with van der Waals surface area (Å²) in [5, 5.41) is 9.05. The summed E-state index contributed by atoms with van der Waals surface area (Å²) in [5.41, 5.74) is -1.28. The third kappa shape index (κ3) is 2.38. The molecule has 2 nitrogen and oxygen atoms in total. The first-order valence-corrected chi connectivity index (χ1v) is 4.85. The van der Waals surface area contributed by atoms with Gasteiger partial charge in [-0.2, -0.15) is 17.6 Å². The maximum Gasteiger partial charge on any atom is 0.482 e. The van der Waals surface area contributed by atoms with Crippen LogP contribution >= 0.6 is 0 Å². The number of phenolic OH excluding ortho intramolecular Hbond substituents is 1. The van der Waals surface area contributed by atoms with Gasteiger partial charge in [0.2, 0.25) is 5.82 Å². The second-order valence-corrected chi connectivity index (χ2v) is 3.66. The van der Waals surface area contributed by atoms with Gasteiger partial charge in [-0.1, -0.05) is 0 Å². The molecule has 2 aromatic carbocycles. The molecule has 0 aliphatic carbocycles. The SMILES string of the molecule is Oc1c(F)c(F)c(NC(F)(F)F)c2cc(F)ccc12. The first kappa shape index (κ1) is 13.3. The van der Waals surface area contributed by atoms with E-state index in [0.29, 0.717) is 6.07 Å². The van der Waals surface area contributed by atoms with E-state index in [-0.39, 0.29) is 0 Å². The highest BCUT2D eigenvalue weighted by Gasteiger charge is 2.31. The van der Waals surface area contributed by atoms with Crippen molar-refractivity contribution < 1.29 is 31.4 Å². The minimum absolute atomic E-state index is 0.438. The van der Waals surface area contributed by atoms with Crippen molar-refractivity contribution in [3.05, 3.63) is 35.7 Å². The zero-order valence-electron chi connectivity index (χ0n) is 8.95. The van der Waals surface area contributed by atoms with Crippen LogP contribution in [0.4, 0.5) is 32.0 Å². The van der Waals surface area contributed by atoms with Gasteiger partial charge in [0.25, 0.3) is 0 Å². The Morgan fingerprint density at radius 1 is 0.947 bits per heavy atom. The quantitative estimate of drug-likeness (QED) is 0.472. The number of alkyl halides is 3. The first-order chi connectivity index (χ1) is 8.70. The van der Waals surface area contributed by atoms with Crippen LogP contribution in [0.25, 0.3) is 10.8 Å². The molecule has 0 radical (unpaired) electrons. The van der Waals surface area contributed by atoms with Crippen LogP contribution in [0, 0.1) is 17.5 Å². The Kier molecular flexibility index (Phi) is 2.95. The maximum atomic E-state index is 13.4. The average molecular weight is 281 g/mol. The van der Waals surface area contributed by atoms with Gasteiger partial charge in [0.1, 0.15) is 5.82 Å². The second-order valence-electron chi connectivity index (χ2n) is 3.66. The fourth-order valence-corrected chi connectivity index (χ4v) is 1.64. The van der Waals surface area contributed by atoms with E-state index < -0.39 is 46.0 Å². The van der Waals surface area contributed by atoms with Crippen molar-refractivity contribution >= 4 is 16.5 Å². The number of phenols is 1. The number of aromatic hydroxyl groups is 1. The Labute approximate surface area is 102 Å². The standard InChI is InChI=1S/C11H5F6NO/c12-4-1-2-5-6(3-4)9(18-11(15,16)17)7(13)8(14)10(5)19/h1-3,18-19H. The predicted molar refractivity (Wildman–Crippen MR) is 55.2 cm³/mol. The zero-order valence-corrected chi connectivity index (χ0v) is 8.95. The number of fused-ring (bicyclic) bond motifs is 1. The van der Waals surface area contributed by atoms with Crippen molar-refractivity contribution in [2.45, 2.75) is 6.30 Å². The molecule has 0 atom stereocenters. The molecule has 19 heavy (non-hydrogen) atoms. The van der Waals surface area contributed by atoms with Gasteiger partial charge >= 0.3 is 6.30 Å². The molecule has 0 unspecified atom stereocenters. The van der Waals surface area contributed by atoms with Gasteiger partial charge in [-0.3, -0.25) is 5.32 Å². The Morgan fingerprint density at radius 3 is 2.16 bits per heavy atom. The van der Waals surface area contributed by atoms with E-state index in [4.69, 9.17) is 0 Å². The van der Waals surface area contributed by atoms with E-state index in [2.05, 4.69) is 0 Å². The highest BCUT2D eigenvalue weighted by molar-refractivity contribution is 5.98. The number of hydrogen-bond acceptors (Lipinski definition) is 2. The predicted octanol–water partition coefficient (Wildman–Crippen LogP) is 3.89. The lowest BCUT2D eigenvalue weighted by Gasteiger charge is -2.15. The molecular formula is C11H5F6NO. The lowest BCUT2D eigenvalue weighted by atomic mass is 10.1. The molecule has 0 aliphatic rings. The van der Waals surface area contributed by atoms with Crippen molar-refractivity contribution in [2.75, 3.05) is 5.32 Å². The molecule has 8 heteroatoms. The summed E-state index contributed by atoms with van der Waals surface area (Å²) in [6, 6.07) is 2.21. The summed E-state index contributed by atoms with van der Waals surface area (Å²) in [4.78, 5) is 0. The van der Waals surface area contributed by atoms with Gasteiger partial charge in [-0.05, 0) is 18.2 Å². The third-order valence-corrected chi connectivity index (χ3v) is 2.39. The van der Waals surface area contributed by atoms with Crippen LogP contribution in [0.1, 0.15) is 0 Å². The summed E-state index contributed by atoms with van der Waals surface area (Å²) in [5.74, 6) is -5.91. The monoisotopic (exact) mass is 281 g/mol. The zero-order chi connectivity index (χ0) is 14.4. The highest BCUT2D eigenvalue weighted by atomic mass is 19.4. The summed E-state index contributed by atoms with van der Waals surface area (Å²) in [7, 11) is 0. The largest absolute Gasteiger partial charge is 0.504 e. The van der Waals surface area contributed by atoms with E-state index >= 15 is 0 Å². The average Bonchev–Trinajstić information content (AvgIpc) is 2.30. The van der Waals surface area contributed by atoms with Gasteiger partial charge in [0, 0.05) is 10.8 Å². The van der Waals surface area contributed by atoms with Crippen LogP contribution in [0.15, 0.2) is 18.2 Å². The van der Waals surface area contributed by atoms with E-state index in [9.17, 15) is 31.4 Å². The van der Waals surface area contributed by atoms with Crippen molar-refractivity contribution in [1.29, 1.82) is 0 Å². The molecule has 0 heterocycles. The lowest BCUT2D eigenvalue weighted by Crippen LogP contribution is -2.22. The minimum Gasteiger partial charge on any atom is -0.504 e. The number of benzene rings is 2. The molecule has 0 saturated heterocycles. The molecule has 0 bridgehead atoms. The number of rotatable bonds is 1. The third-order valence-electron chi connectivity index (χ3n) is 2.39. The van der Waals surface area contributed by atoms with Gasteiger partial charge < -0.3 is 5.11 Å². The Bertz CT molecular complexity index is 652. The summed E-state index contributed by atoms with van der Waals surface area (Å²) >= 11 is 0. The molecular weight excluding hydrogens is 276 g/mol. The molecule has 0 saturated carbocycles. The normalized spacial score (nSPS) is 11.9. The Balaban J connectivity index is 2.83. The Hall–Kier alpha value is -2.12. The first-order valence-electron chi connectivity index (χ1n) is 4.85. The highest BCUT2D eigenvalue weighted by Crippen LogP contribution is 2.38. The summed E-state index contributed by atoms with van der Waals surface area (Å²) < 4.78 is 76.4. The molecule has 0 aromatic heterocycles. The molecule has 2 rings (SSSR count). The lowest BCUT2D eigenvalue weighted by molar-refractivity contribution is -0.100. The fraction of sp³-hybridized carbons (Fsp3) is 0.0909. The molecule has 0 fully saturated rings. The number of hydrogen-bond donors (Lipinski definition) is 2. The molecule has 2 N–H and O–H groups in total. The fourth-order valence-electron chi connectivity index (χ4n) is 1.64. The molecule has 0 spiro atoms. The van der Waals surface area contributed by atoms with E-state index in [1.807, 2.05) is 0 Å². The second kappa shape index (κ2) is 4.22. The molecule has 0 amide bonds. The van der Waals surface area contributed by atoms with Crippen molar-refractivity contribution in [3.63, 3.8) is 0 Å². The van der Waals surface area contributed by atoms with Crippen LogP contribution in [-0.4, -0.2) is 11.4 Å². The van der Waals surface area contributed by atoms with Crippen LogP contribution in [0.5, 0.6) is 5.75 Å². The minimum atomic E-state index is -5.04. The molecule has 102 valence electrons. The van der Waals surface area contributed by atoms with Gasteiger partial charge in [-0.25, -0.2) is 8.78 Å². The van der Waals surface area contributed by atoms with Crippen LogP contribution in [0.2, 0.25) is 0 Å². The van der Waals surface area contributed by atoms with Gasteiger partial charge in [0.15, 0.2) is 11.6 Å². The summed E-state index contributed by atoms with van der Waals surface area (Å²) in [6.45, 7) is 0. The topological polar surface area (TPSA) is 32.3 Å². The smallest absolute Gasteiger partial charge is 0.482 e. The molecule has 2 aromatic rings. The maximum absolute atomic E-state index is 13.4. The van der Waals surface area contributed by atoms with Crippen molar-refractivity contribution in [3.8, 4) is 5.75 Å². The number of anilines is 1. The van der Waals surface area contributed by atoms with Gasteiger partial charge in [-0.15, -0.1) is 0 Å². The summed E-state index contributed by atoms with van der Waals surface area (Å²) in [6.07, 6.45) is -5.04. The van der Waals surface area contributed by atoms with Crippen LogP contribution in [-0.2, 0) is 0 Å². The van der Waals surface area contributed by atoms with Crippen molar-refractivity contribution in [1.82, 2.24) is 0 Å².